The average molecular weight is 350 g/mol. The predicted molar refractivity (Wildman–Crippen MR) is 93.7 cm³/mol. The lowest BCUT2D eigenvalue weighted by atomic mass is 9.95. The first kappa shape index (κ1) is 18.0. The van der Waals surface area contributed by atoms with Gasteiger partial charge in [-0.25, -0.2) is 9.97 Å². The third-order valence-corrected chi connectivity index (χ3v) is 3.64. The van der Waals surface area contributed by atoms with Gasteiger partial charge in [-0.2, -0.15) is 0 Å². The Morgan fingerprint density at radius 3 is 2.38 bits per heavy atom. The van der Waals surface area contributed by atoms with Crippen LogP contribution in [-0.4, -0.2) is 30.1 Å². The fourth-order valence-electron chi connectivity index (χ4n) is 1.89. The van der Waals surface area contributed by atoms with Gasteiger partial charge in [0.05, 0.1) is 31.6 Å². The second-order valence-corrected chi connectivity index (χ2v) is 6.59. The molecular weight excluding hydrogens is 330 g/mol. The second-order valence-electron chi connectivity index (χ2n) is 6.18. The Morgan fingerprint density at radius 1 is 1.08 bits per heavy atom. The summed E-state index contributed by atoms with van der Waals surface area (Å²) in [6.45, 7) is 5.48. The van der Waals surface area contributed by atoms with Crippen LogP contribution in [0.25, 0.3) is 11.1 Å². The fourth-order valence-corrected chi connectivity index (χ4v) is 2.10. The number of halogens is 1. The van der Waals surface area contributed by atoms with Crippen LogP contribution in [0.1, 0.15) is 20.8 Å². The minimum Gasteiger partial charge on any atom is -0.495 e. The SMILES string of the molecule is COc1cnc(NC(=O)C(C)(C)C)c(-c2cc(OC)ncc2Cl)c1. The number of carbonyl (C=O) groups is 1. The first-order chi connectivity index (χ1) is 11.3. The van der Waals surface area contributed by atoms with Crippen molar-refractivity contribution in [3.05, 3.63) is 29.5 Å². The molecule has 1 N–H and O–H groups in total. The molecule has 0 unspecified atom stereocenters. The summed E-state index contributed by atoms with van der Waals surface area (Å²) in [6, 6.07) is 3.44. The first-order valence-corrected chi connectivity index (χ1v) is 7.69. The van der Waals surface area contributed by atoms with E-state index < -0.39 is 5.41 Å². The smallest absolute Gasteiger partial charge is 0.230 e. The van der Waals surface area contributed by atoms with Gasteiger partial charge in [0.2, 0.25) is 11.8 Å². The zero-order valence-electron chi connectivity index (χ0n) is 14.3. The molecule has 0 atom stereocenters. The molecule has 0 aliphatic carbocycles. The number of amides is 1. The Hall–Kier alpha value is -2.34. The summed E-state index contributed by atoms with van der Waals surface area (Å²) >= 11 is 6.28. The number of hydrogen-bond acceptors (Lipinski definition) is 5. The molecule has 2 heterocycles. The van der Waals surface area contributed by atoms with Gasteiger partial charge in [0.25, 0.3) is 0 Å². The summed E-state index contributed by atoms with van der Waals surface area (Å²) < 4.78 is 10.4. The van der Waals surface area contributed by atoms with Crippen LogP contribution in [0.3, 0.4) is 0 Å². The van der Waals surface area contributed by atoms with Crippen LogP contribution in [0.5, 0.6) is 11.6 Å². The lowest BCUT2D eigenvalue weighted by molar-refractivity contribution is -0.123. The van der Waals surface area contributed by atoms with Gasteiger partial charge in [0, 0.05) is 22.6 Å². The Balaban J connectivity index is 2.57. The zero-order valence-corrected chi connectivity index (χ0v) is 15.1. The standard InChI is InChI=1S/C17H20ClN3O3/c1-17(2,3)16(22)21-15-12(6-10(23-4)8-20-15)11-7-14(24-5)19-9-13(11)18/h6-9H,1-5H3,(H,20,21,22). The van der Waals surface area contributed by atoms with E-state index in [-0.39, 0.29) is 5.91 Å². The lowest BCUT2D eigenvalue weighted by Crippen LogP contribution is -2.28. The number of pyridine rings is 2. The molecule has 0 radical (unpaired) electrons. The molecule has 0 aliphatic rings. The molecule has 128 valence electrons. The lowest BCUT2D eigenvalue weighted by Gasteiger charge is -2.19. The Morgan fingerprint density at radius 2 is 1.79 bits per heavy atom. The normalized spacial score (nSPS) is 11.1. The highest BCUT2D eigenvalue weighted by Crippen LogP contribution is 2.36. The molecule has 0 bridgehead atoms. The van der Waals surface area contributed by atoms with Crippen LogP contribution in [0.4, 0.5) is 5.82 Å². The minimum absolute atomic E-state index is 0.154. The van der Waals surface area contributed by atoms with Gasteiger partial charge >= 0.3 is 0 Å². The maximum Gasteiger partial charge on any atom is 0.230 e. The van der Waals surface area contributed by atoms with Crippen molar-refractivity contribution in [3.8, 4) is 22.8 Å². The van der Waals surface area contributed by atoms with Crippen molar-refractivity contribution >= 4 is 23.3 Å². The quantitative estimate of drug-likeness (QED) is 0.908. The third kappa shape index (κ3) is 3.94. The molecule has 2 aromatic heterocycles. The van der Waals surface area contributed by atoms with E-state index in [2.05, 4.69) is 15.3 Å². The van der Waals surface area contributed by atoms with Gasteiger partial charge in [-0.1, -0.05) is 32.4 Å². The number of ether oxygens (including phenoxy) is 2. The van der Waals surface area contributed by atoms with Crippen LogP contribution >= 0.6 is 11.6 Å². The van der Waals surface area contributed by atoms with E-state index in [9.17, 15) is 4.79 Å². The summed E-state index contributed by atoms with van der Waals surface area (Å²) in [5.41, 5.74) is 0.704. The number of rotatable bonds is 4. The van der Waals surface area contributed by atoms with E-state index in [1.54, 1.807) is 19.2 Å². The van der Waals surface area contributed by atoms with Crippen molar-refractivity contribution in [2.45, 2.75) is 20.8 Å². The minimum atomic E-state index is -0.557. The zero-order chi connectivity index (χ0) is 17.9. The predicted octanol–water partition coefficient (Wildman–Crippen LogP) is 3.80. The van der Waals surface area contributed by atoms with E-state index in [4.69, 9.17) is 21.1 Å². The summed E-state index contributed by atoms with van der Waals surface area (Å²) in [5.74, 6) is 1.19. The van der Waals surface area contributed by atoms with Crippen LogP contribution in [0, 0.1) is 5.41 Å². The average Bonchev–Trinajstić information content (AvgIpc) is 2.55. The molecular formula is C17H20ClN3O3. The first-order valence-electron chi connectivity index (χ1n) is 7.31. The Labute approximate surface area is 146 Å². The monoisotopic (exact) mass is 349 g/mol. The van der Waals surface area contributed by atoms with Crippen LogP contribution < -0.4 is 14.8 Å². The van der Waals surface area contributed by atoms with E-state index in [0.717, 1.165) is 0 Å². The molecule has 2 rings (SSSR count). The van der Waals surface area contributed by atoms with Crippen LogP contribution in [0.15, 0.2) is 24.5 Å². The highest BCUT2D eigenvalue weighted by Gasteiger charge is 2.23. The van der Waals surface area contributed by atoms with Gasteiger partial charge in [0.1, 0.15) is 11.6 Å². The number of nitrogens with zero attached hydrogens (tertiary/aromatic N) is 2. The van der Waals surface area contributed by atoms with E-state index in [1.807, 2.05) is 20.8 Å². The molecule has 0 spiro atoms. The summed E-state index contributed by atoms with van der Waals surface area (Å²) in [6.07, 6.45) is 3.03. The number of anilines is 1. The topological polar surface area (TPSA) is 73.3 Å². The number of methoxy groups -OCH3 is 2. The maximum absolute atomic E-state index is 12.3. The molecule has 7 heteroatoms. The third-order valence-electron chi connectivity index (χ3n) is 3.34. The van der Waals surface area contributed by atoms with Crippen molar-refractivity contribution in [1.82, 2.24) is 9.97 Å². The van der Waals surface area contributed by atoms with Crippen molar-refractivity contribution in [1.29, 1.82) is 0 Å². The van der Waals surface area contributed by atoms with Gasteiger partial charge in [-0.15, -0.1) is 0 Å². The number of hydrogen-bond donors (Lipinski definition) is 1. The van der Waals surface area contributed by atoms with Crippen LogP contribution in [-0.2, 0) is 4.79 Å². The van der Waals surface area contributed by atoms with Crippen LogP contribution in [0.2, 0.25) is 5.02 Å². The number of carbonyl (C=O) groups excluding carboxylic acids is 1. The summed E-state index contributed by atoms with van der Waals surface area (Å²) in [4.78, 5) is 20.7. The molecule has 0 fully saturated rings. The molecule has 0 aromatic carbocycles. The van der Waals surface area contributed by atoms with Gasteiger partial charge in [-0.3, -0.25) is 4.79 Å². The van der Waals surface area contributed by atoms with Crippen molar-refractivity contribution in [2.24, 2.45) is 5.41 Å². The van der Waals surface area contributed by atoms with Crippen molar-refractivity contribution < 1.29 is 14.3 Å². The maximum atomic E-state index is 12.3. The fraction of sp³-hybridized carbons (Fsp3) is 0.353. The van der Waals surface area contributed by atoms with Crippen molar-refractivity contribution in [2.75, 3.05) is 19.5 Å². The molecule has 0 aliphatic heterocycles. The highest BCUT2D eigenvalue weighted by atomic mass is 35.5. The Kier molecular flexibility index (Phi) is 5.29. The number of nitrogens with one attached hydrogen (secondary N) is 1. The van der Waals surface area contributed by atoms with Gasteiger partial charge in [0.15, 0.2) is 0 Å². The van der Waals surface area contributed by atoms with Gasteiger partial charge < -0.3 is 14.8 Å². The molecule has 1 amide bonds. The van der Waals surface area contributed by atoms with Gasteiger partial charge in [-0.05, 0) is 6.07 Å². The molecule has 0 saturated heterocycles. The highest BCUT2D eigenvalue weighted by molar-refractivity contribution is 6.33. The van der Waals surface area contributed by atoms with E-state index in [1.165, 1.54) is 19.5 Å². The second kappa shape index (κ2) is 7.05. The molecule has 2 aromatic rings. The summed E-state index contributed by atoms with van der Waals surface area (Å²) in [7, 11) is 3.06. The largest absolute Gasteiger partial charge is 0.495 e. The van der Waals surface area contributed by atoms with E-state index >= 15 is 0 Å². The molecule has 0 saturated carbocycles. The van der Waals surface area contributed by atoms with E-state index in [0.29, 0.717) is 33.6 Å². The Bertz CT molecular complexity index is 757. The summed E-state index contributed by atoms with van der Waals surface area (Å²) in [5, 5.41) is 3.25. The number of aromatic nitrogens is 2. The molecule has 24 heavy (non-hydrogen) atoms. The van der Waals surface area contributed by atoms with Crippen molar-refractivity contribution in [3.63, 3.8) is 0 Å². The molecule has 6 nitrogen and oxygen atoms in total.